The molecule has 0 bridgehead atoms. The Morgan fingerprint density at radius 2 is 2.44 bits per heavy atom. The Morgan fingerprint density at radius 3 is 3.06 bits per heavy atom. The quantitative estimate of drug-likeness (QED) is 0.862. The molecule has 5 nitrogen and oxygen atoms in total. The zero-order chi connectivity index (χ0) is 11.5. The van der Waals surface area contributed by atoms with E-state index in [9.17, 15) is 4.79 Å². The van der Waals surface area contributed by atoms with Crippen molar-refractivity contribution < 1.29 is 9.21 Å². The molecule has 0 aliphatic heterocycles. The van der Waals surface area contributed by atoms with Crippen LogP contribution >= 0.6 is 15.9 Å². The second-order valence-corrected chi connectivity index (χ2v) is 4.07. The van der Waals surface area contributed by atoms with Gasteiger partial charge >= 0.3 is 0 Å². The van der Waals surface area contributed by atoms with E-state index in [4.69, 9.17) is 10.2 Å². The predicted octanol–water partition coefficient (Wildman–Crippen LogP) is 1.43. The summed E-state index contributed by atoms with van der Waals surface area (Å²) < 4.78 is 7.48. The van der Waals surface area contributed by atoms with Crippen LogP contribution in [-0.2, 0) is 6.54 Å². The highest BCUT2D eigenvalue weighted by molar-refractivity contribution is 9.10. The van der Waals surface area contributed by atoms with Gasteiger partial charge in [-0.15, -0.1) is 0 Å². The van der Waals surface area contributed by atoms with Crippen molar-refractivity contribution in [1.82, 2.24) is 9.55 Å². The van der Waals surface area contributed by atoms with Crippen LogP contribution in [0.3, 0.4) is 0 Å². The minimum absolute atomic E-state index is 0.243. The molecular formula is C10H10BrN3O2. The fourth-order valence-electron chi connectivity index (χ4n) is 1.32. The SMILES string of the molecule is NCCn1cnc(C(=O)c2occc2Br)c1. The van der Waals surface area contributed by atoms with Crippen LogP contribution in [0.4, 0.5) is 0 Å². The van der Waals surface area contributed by atoms with E-state index >= 15 is 0 Å². The summed E-state index contributed by atoms with van der Waals surface area (Å²) in [6, 6.07) is 1.67. The molecule has 0 atom stereocenters. The molecule has 2 heterocycles. The Morgan fingerprint density at radius 1 is 1.62 bits per heavy atom. The van der Waals surface area contributed by atoms with Gasteiger partial charge in [0.25, 0.3) is 0 Å². The van der Waals surface area contributed by atoms with E-state index in [-0.39, 0.29) is 11.5 Å². The maximum absolute atomic E-state index is 11.9. The molecule has 6 heteroatoms. The topological polar surface area (TPSA) is 74.1 Å². The molecule has 2 aromatic heterocycles. The lowest BCUT2D eigenvalue weighted by molar-refractivity contribution is 0.100. The molecule has 0 amide bonds. The number of hydrogen-bond acceptors (Lipinski definition) is 4. The van der Waals surface area contributed by atoms with E-state index in [1.54, 1.807) is 23.2 Å². The summed E-state index contributed by atoms with van der Waals surface area (Å²) in [6.07, 6.45) is 4.69. The van der Waals surface area contributed by atoms with Gasteiger partial charge in [0.1, 0.15) is 5.69 Å². The maximum Gasteiger partial charge on any atom is 0.249 e. The molecule has 0 aliphatic rings. The fourth-order valence-corrected chi connectivity index (χ4v) is 1.70. The summed E-state index contributed by atoms with van der Waals surface area (Å²) in [5, 5.41) is 0. The second kappa shape index (κ2) is 4.63. The molecule has 0 radical (unpaired) electrons. The molecule has 0 aliphatic carbocycles. The lowest BCUT2D eigenvalue weighted by Gasteiger charge is -1.95. The third-order valence-corrected chi connectivity index (χ3v) is 2.70. The summed E-state index contributed by atoms with van der Waals surface area (Å²) in [4.78, 5) is 15.9. The number of imidazole rings is 1. The van der Waals surface area contributed by atoms with Gasteiger partial charge in [-0.2, -0.15) is 0 Å². The first kappa shape index (κ1) is 11.1. The first-order chi connectivity index (χ1) is 7.72. The summed E-state index contributed by atoms with van der Waals surface area (Å²) in [5.41, 5.74) is 5.76. The molecule has 0 aromatic carbocycles. The molecule has 2 aromatic rings. The highest BCUT2D eigenvalue weighted by Gasteiger charge is 2.18. The van der Waals surface area contributed by atoms with Crippen molar-refractivity contribution in [2.75, 3.05) is 6.54 Å². The molecule has 0 unspecified atom stereocenters. The smallest absolute Gasteiger partial charge is 0.249 e. The van der Waals surface area contributed by atoms with E-state index in [1.165, 1.54) is 6.26 Å². The van der Waals surface area contributed by atoms with E-state index < -0.39 is 0 Å². The molecule has 2 rings (SSSR count). The van der Waals surface area contributed by atoms with Gasteiger partial charge in [0.15, 0.2) is 5.76 Å². The van der Waals surface area contributed by atoms with Crippen LogP contribution < -0.4 is 5.73 Å². The van der Waals surface area contributed by atoms with Gasteiger partial charge < -0.3 is 14.7 Å². The number of nitrogens with two attached hydrogens (primary N) is 1. The van der Waals surface area contributed by atoms with Crippen molar-refractivity contribution in [3.8, 4) is 0 Å². The van der Waals surface area contributed by atoms with Gasteiger partial charge in [0.05, 0.1) is 17.1 Å². The third kappa shape index (κ3) is 2.07. The van der Waals surface area contributed by atoms with Crippen molar-refractivity contribution >= 4 is 21.7 Å². The number of rotatable bonds is 4. The van der Waals surface area contributed by atoms with Gasteiger partial charge in [-0.3, -0.25) is 4.79 Å². The summed E-state index contributed by atoms with van der Waals surface area (Å²) in [5.74, 6) is 0.0191. The van der Waals surface area contributed by atoms with Crippen LogP contribution in [0.25, 0.3) is 0 Å². The number of halogens is 1. The van der Waals surface area contributed by atoms with Gasteiger partial charge in [-0.1, -0.05) is 0 Å². The van der Waals surface area contributed by atoms with Crippen molar-refractivity contribution in [1.29, 1.82) is 0 Å². The van der Waals surface area contributed by atoms with Gasteiger partial charge in [0.2, 0.25) is 5.78 Å². The van der Waals surface area contributed by atoms with Gasteiger partial charge in [-0.05, 0) is 22.0 Å². The first-order valence-corrected chi connectivity index (χ1v) is 5.51. The number of carbonyl (C=O) groups excluding carboxylic acids is 1. The number of furan rings is 1. The minimum Gasteiger partial charge on any atom is -0.460 e. The molecule has 84 valence electrons. The summed E-state index contributed by atoms with van der Waals surface area (Å²) >= 11 is 3.23. The van der Waals surface area contributed by atoms with Crippen molar-refractivity contribution in [3.63, 3.8) is 0 Å². The molecule has 0 saturated carbocycles. The van der Waals surface area contributed by atoms with Crippen molar-refractivity contribution in [2.24, 2.45) is 5.73 Å². The Kier molecular flexibility index (Phi) is 3.21. The number of hydrogen-bond donors (Lipinski definition) is 1. The summed E-state index contributed by atoms with van der Waals surface area (Å²) in [7, 11) is 0. The normalized spacial score (nSPS) is 10.6. The van der Waals surface area contributed by atoms with Crippen LogP contribution in [0.15, 0.2) is 33.7 Å². The highest BCUT2D eigenvalue weighted by atomic mass is 79.9. The number of carbonyl (C=O) groups is 1. The zero-order valence-electron chi connectivity index (χ0n) is 8.39. The number of nitrogens with zero attached hydrogens (tertiary/aromatic N) is 2. The lowest BCUT2D eigenvalue weighted by atomic mass is 10.2. The van der Waals surface area contributed by atoms with E-state index in [0.29, 0.717) is 23.3 Å². The van der Waals surface area contributed by atoms with Crippen LogP contribution in [0, 0.1) is 0 Å². The average molecular weight is 284 g/mol. The van der Waals surface area contributed by atoms with Crippen LogP contribution in [-0.4, -0.2) is 21.9 Å². The highest BCUT2D eigenvalue weighted by Crippen LogP contribution is 2.20. The van der Waals surface area contributed by atoms with E-state index in [1.807, 2.05) is 0 Å². The van der Waals surface area contributed by atoms with Gasteiger partial charge in [-0.25, -0.2) is 4.98 Å². The lowest BCUT2D eigenvalue weighted by Crippen LogP contribution is -2.08. The van der Waals surface area contributed by atoms with Crippen LogP contribution in [0.2, 0.25) is 0 Å². The summed E-state index contributed by atoms with van der Waals surface area (Å²) in [6.45, 7) is 1.15. The Balaban J connectivity index is 2.24. The van der Waals surface area contributed by atoms with Crippen LogP contribution in [0.1, 0.15) is 16.2 Å². The third-order valence-electron chi connectivity index (χ3n) is 2.08. The average Bonchev–Trinajstić information content (AvgIpc) is 2.87. The Hall–Kier alpha value is -1.40. The molecular weight excluding hydrogens is 274 g/mol. The van der Waals surface area contributed by atoms with Crippen LogP contribution in [0.5, 0.6) is 0 Å². The standard InChI is InChI=1S/C10H10BrN3O2/c11-7-1-4-16-10(7)9(15)8-5-14(3-2-12)6-13-8/h1,4-6H,2-3,12H2. The van der Waals surface area contributed by atoms with E-state index in [2.05, 4.69) is 20.9 Å². The Labute approximate surface area is 100 Å². The Bertz CT molecular complexity index is 504. The number of ketones is 1. The monoisotopic (exact) mass is 283 g/mol. The zero-order valence-corrected chi connectivity index (χ0v) is 9.98. The molecule has 0 saturated heterocycles. The molecule has 16 heavy (non-hydrogen) atoms. The largest absolute Gasteiger partial charge is 0.460 e. The van der Waals surface area contributed by atoms with E-state index in [0.717, 1.165) is 0 Å². The van der Waals surface area contributed by atoms with Crippen molar-refractivity contribution in [2.45, 2.75) is 6.54 Å². The number of aromatic nitrogens is 2. The molecule has 0 spiro atoms. The minimum atomic E-state index is -0.243. The molecule has 2 N–H and O–H groups in total. The maximum atomic E-state index is 11.9. The van der Waals surface area contributed by atoms with Gasteiger partial charge in [0, 0.05) is 19.3 Å². The molecule has 0 fully saturated rings. The predicted molar refractivity (Wildman–Crippen MR) is 61.1 cm³/mol. The van der Waals surface area contributed by atoms with Crippen molar-refractivity contribution in [3.05, 3.63) is 40.8 Å². The first-order valence-electron chi connectivity index (χ1n) is 4.72. The second-order valence-electron chi connectivity index (χ2n) is 3.21. The fraction of sp³-hybridized carbons (Fsp3) is 0.200.